The number of carbonyl (C=O) groups excluding carboxylic acids is 1. The molecule has 0 aliphatic heterocycles. The number of carbonyl (C=O) groups is 1. The molecular formula is C29H33N3O3. The van der Waals surface area contributed by atoms with Crippen LogP contribution in [0.4, 0.5) is 0 Å². The predicted molar refractivity (Wildman–Crippen MR) is 141 cm³/mol. The fraction of sp³-hybridized carbons (Fsp3) is 0.345. The summed E-state index contributed by atoms with van der Waals surface area (Å²) in [6.07, 6.45) is 2.12. The van der Waals surface area contributed by atoms with Crippen molar-refractivity contribution in [1.29, 1.82) is 0 Å². The van der Waals surface area contributed by atoms with Gasteiger partial charge >= 0.3 is 0 Å². The van der Waals surface area contributed by atoms with Crippen LogP contribution in [0.15, 0.2) is 71.5 Å². The topological polar surface area (TPSA) is 64.4 Å². The lowest BCUT2D eigenvalue weighted by Crippen LogP contribution is -2.40. The number of nitrogens with zero attached hydrogens (tertiary/aromatic N) is 3. The molecular weight excluding hydrogens is 438 g/mol. The molecule has 4 aromatic rings. The van der Waals surface area contributed by atoms with E-state index in [1.54, 1.807) is 11.7 Å². The highest BCUT2D eigenvalue weighted by Crippen LogP contribution is 2.28. The third kappa shape index (κ3) is 4.98. The zero-order chi connectivity index (χ0) is 24.8. The molecule has 0 saturated heterocycles. The van der Waals surface area contributed by atoms with Crippen LogP contribution in [-0.2, 0) is 11.3 Å². The van der Waals surface area contributed by atoms with E-state index in [0.29, 0.717) is 54.8 Å². The van der Waals surface area contributed by atoms with Crippen molar-refractivity contribution in [3.8, 4) is 0 Å². The highest BCUT2D eigenvalue weighted by atomic mass is 16.5. The minimum Gasteiger partial charge on any atom is -0.385 e. The standard InChI is InChI=1S/C29H33N3O3/c1-4-18-32-27(30-25-17-9-8-15-24(25)29(32)34)26(5-2)31(19-11-20-35-3)28(33)23-16-10-13-21-12-6-7-14-22(21)23/h6-10,12-17,26H,4-5,11,18-20H2,1-3H3. The average Bonchev–Trinajstić information content (AvgIpc) is 2.89. The van der Waals surface area contributed by atoms with Gasteiger partial charge in [-0.05, 0) is 48.2 Å². The van der Waals surface area contributed by atoms with Gasteiger partial charge in [-0.3, -0.25) is 14.2 Å². The Hall–Kier alpha value is -3.51. The summed E-state index contributed by atoms with van der Waals surface area (Å²) in [7, 11) is 1.66. The average molecular weight is 472 g/mol. The molecule has 35 heavy (non-hydrogen) atoms. The largest absolute Gasteiger partial charge is 0.385 e. The SMILES string of the molecule is CCCn1c(C(CC)N(CCCOC)C(=O)c2cccc3ccccc23)nc2ccccc2c1=O. The van der Waals surface area contributed by atoms with E-state index in [1.165, 1.54) is 0 Å². The number of aromatic nitrogens is 2. The van der Waals surface area contributed by atoms with Crippen molar-refractivity contribution in [3.63, 3.8) is 0 Å². The molecule has 0 aliphatic carbocycles. The normalized spacial score (nSPS) is 12.2. The Morgan fingerprint density at radius 1 is 1.00 bits per heavy atom. The summed E-state index contributed by atoms with van der Waals surface area (Å²) in [6, 6.07) is 20.8. The molecule has 6 heteroatoms. The van der Waals surface area contributed by atoms with E-state index >= 15 is 0 Å². The first-order valence-corrected chi connectivity index (χ1v) is 12.4. The van der Waals surface area contributed by atoms with Crippen molar-refractivity contribution in [2.75, 3.05) is 20.3 Å². The fourth-order valence-corrected chi connectivity index (χ4v) is 4.77. The van der Waals surface area contributed by atoms with Crippen LogP contribution in [0.5, 0.6) is 0 Å². The van der Waals surface area contributed by atoms with Crippen molar-refractivity contribution in [2.24, 2.45) is 0 Å². The van der Waals surface area contributed by atoms with E-state index in [2.05, 4.69) is 0 Å². The van der Waals surface area contributed by atoms with Gasteiger partial charge in [-0.1, -0.05) is 62.4 Å². The molecule has 0 saturated carbocycles. The predicted octanol–water partition coefficient (Wildman–Crippen LogP) is 5.59. The third-order valence-corrected chi connectivity index (χ3v) is 6.43. The van der Waals surface area contributed by atoms with E-state index < -0.39 is 0 Å². The van der Waals surface area contributed by atoms with Crippen LogP contribution in [0, 0.1) is 0 Å². The molecule has 3 aromatic carbocycles. The monoisotopic (exact) mass is 471 g/mol. The molecule has 0 fully saturated rings. The Labute approximate surface area is 206 Å². The van der Waals surface area contributed by atoms with Crippen LogP contribution in [0.1, 0.15) is 55.3 Å². The van der Waals surface area contributed by atoms with Crippen molar-refractivity contribution in [3.05, 3.63) is 88.5 Å². The summed E-state index contributed by atoms with van der Waals surface area (Å²) in [5.41, 5.74) is 1.26. The summed E-state index contributed by atoms with van der Waals surface area (Å²) >= 11 is 0. The van der Waals surface area contributed by atoms with Crippen molar-refractivity contribution in [1.82, 2.24) is 14.5 Å². The number of fused-ring (bicyclic) bond motifs is 2. The van der Waals surface area contributed by atoms with Crippen LogP contribution >= 0.6 is 0 Å². The summed E-state index contributed by atoms with van der Waals surface area (Å²) in [6.45, 7) is 5.69. The first-order valence-electron chi connectivity index (χ1n) is 12.4. The number of methoxy groups -OCH3 is 1. The Bertz CT molecular complexity index is 1370. The maximum Gasteiger partial charge on any atom is 0.261 e. The van der Waals surface area contributed by atoms with Crippen molar-refractivity contribution in [2.45, 2.75) is 45.7 Å². The van der Waals surface area contributed by atoms with Gasteiger partial charge in [0, 0.05) is 32.4 Å². The minimum absolute atomic E-state index is 0.0552. The van der Waals surface area contributed by atoms with Gasteiger partial charge in [0.2, 0.25) is 0 Å². The van der Waals surface area contributed by atoms with E-state index in [9.17, 15) is 9.59 Å². The maximum absolute atomic E-state index is 14.1. The molecule has 0 bridgehead atoms. The van der Waals surface area contributed by atoms with E-state index in [1.807, 2.05) is 85.5 Å². The molecule has 182 valence electrons. The molecule has 0 spiro atoms. The molecule has 0 radical (unpaired) electrons. The van der Waals surface area contributed by atoms with Gasteiger partial charge in [0.25, 0.3) is 11.5 Å². The molecule has 4 rings (SSSR count). The fourth-order valence-electron chi connectivity index (χ4n) is 4.77. The first kappa shape index (κ1) is 24.6. The second-order valence-corrected chi connectivity index (χ2v) is 8.74. The minimum atomic E-state index is -0.345. The summed E-state index contributed by atoms with van der Waals surface area (Å²) < 4.78 is 7.06. The number of hydrogen-bond acceptors (Lipinski definition) is 4. The van der Waals surface area contributed by atoms with Crippen LogP contribution in [0.2, 0.25) is 0 Å². The van der Waals surface area contributed by atoms with E-state index in [-0.39, 0.29) is 17.5 Å². The third-order valence-electron chi connectivity index (χ3n) is 6.43. The number of para-hydroxylation sites is 1. The zero-order valence-electron chi connectivity index (χ0n) is 20.7. The molecule has 1 atom stereocenters. The van der Waals surface area contributed by atoms with Gasteiger partial charge in [-0.2, -0.15) is 0 Å². The maximum atomic E-state index is 14.1. The van der Waals surface area contributed by atoms with Gasteiger partial charge < -0.3 is 9.64 Å². The van der Waals surface area contributed by atoms with Gasteiger partial charge in [0.15, 0.2) is 0 Å². The van der Waals surface area contributed by atoms with Gasteiger partial charge in [-0.15, -0.1) is 0 Å². The summed E-state index contributed by atoms with van der Waals surface area (Å²) in [5.74, 6) is 0.583. The second kappa shape index (κ2) is 11.3. The lowest BCUT2D eigenvalue weighted by molar-refractivity contribution is 0.0633. The molecule has 6 nitrogen and oxygen atoms in total. The van der Waals surface area contributed by atoms with Crippen LogP contribution in [-0.4, -0.2) is 40.6 Å². The Balaban J connectivity index is 1.87. The number of amides is 1. The van der Waals surface area contributed by atoms with Crippen LogP contribution in [0.25, 0.3) is 21.7 Å². The molecule has 0 aliphatic rings. The smallest absolute Gasteiger partial charge is 0.261 e. The lowest BCUT2D eigenvalue weighted by atomic mass is 10.0. The van der Waals surface area contributed by atoms with Crippen molar-refractivity contribution < 1.29 is 9.53 Å². The quantitative estimate of drug-likeness (QED) is 0.283. The van der Waals surface area contributed by atoms with E-state index in [4.69, 9.17) is 9.72 Å². The Morgan fingerprint density at radius 3 is 2.46 bits per heavy atom. The van der Waals surface area contributed by atoms with Gasteiger partial charge in [0.05, 0.1) is 16.9 Å². The lowest BCUT2D eigenvalue weighted by Gasteiger charge is -2.33. The first-order chi connectivity index (χ1) is 17.1. The van der Waals surface area contributed by atoms with Gasteiger partial charge in [0.1, 0.15) is 5.82 Å². The number of rotatable bonds is 10. The van der Waals surface area contributed by atoms with Crippen molar-refractivity contribution >= 4 is 27.6 Å². The zero-order valence-corrected chi connectivity index (χ0v) is 20.7. The molecule has 1 unspecified atom stereocenters. The van der Waals surface area contributed by atoms with E-state index in [0.717, 1.165) is 17.2 Å². The highest BCUT2D eigenvalue weighted by molar-refractivity contribution is 6.07. The number of hydrogen-bond donors (Lipinski definition) is 0. The number of ether oxygens (including phenoxy) is 1. The Kier molecular flexibility index (Phi) is 7.93. The molecule has 1 heterocycles. The van der Waals surface area contributed by atoms with Crippen LogP contribution in [0.3, 0.4) is 0 Å². The number of benzene rings is 3. The summed E-state index contributed by atoms with van der Waals surface area (Å²) in [5, 5.41) is 2.55. The molecule has 0 N–H and O–H groups in total. The Morgan fingerprint density at radius 2 is 1.71 bits per heavy atom. The summed E-state index contributed by atoms with van der Waals surface area (Å²) in [4.78, 5) is 34.4. The molecule has 1 aromatic heterocycles. The second-order valence-electron chi connectivity index (χ2n) is 8.74. The van der Waals surface area contributed by atoms with Gasteiger partial charge in [-0.25, -0.2) is 4.98 Å². The highest BCUT2D eigenvalue weighted by Gasteiger charge is 2.29. The molecule has 1 amide bonds. The van der Waals surface area contributed by atoms with Crippen LogP contribution < -0.4 is 5.56 Å².